The third-order valence-corrected chi connectivity index (χ3v) is 6.98. The highest BCUT2D eigenvalue weighted by Gasteiger charge is 2.33. The summed E-state index contributed by atoms with van der Waals surface area (Å²) in [5, 5.41) is 5.80. The first kappa shape index (κ1) is 21.3. The molecule has 2 amide bonds. The molecule has 9 heteroatoms. The zero-order chi connectivity index (χ0) is 21.0. The molecule has 0 aliphatic carbocycles. The van der Waals surface area contributed by atoms with Crippen LogP contribution in [0.5, 0.6) is 0 Å². The largest absolute Gasteiger partial charge is 0.355 e. The molecular formula is C20H22ClN3O4S. The Morgan fingerprint density at radius 1 is 1.07 bits per heavy atom. The van der Waals surface area contributed by atoms with E-state index >= 15 is 0 Å². The summed E-state index contributed by atoms with van der Waals surface area (Å²) in [5.74, 6) is -0.906. The Balaban J connectivity index is 1.67. The van der Waals surface area contributed by atoms with Crippen LogP contribution in [0.4, 0.5) is 5.69 Å². The van der Waals surface area contributed by atoms with Crippen LogP contribution in [0.2, 0.25) is 5.02 Å². The van der Waals surface area contributed by atoms with E-state index in [-0.39, 0.29) is 23.3 Å². The van der Waals surface area contributed by atoms with Gasteiger partial charge < -0.3 is 10.6 Å². The number of piperidine rings is 1. The van der Waals surface area contributed by atoms with Crippen LogP contribution in [0.25, 0.3) is 0 Å². The minimum absolute atomic E-state index is 0.118. The molecule has 0 saturated carbocycles. The highest BCUT2D eigenvalue weighted by atomic mass is 35.5. The summed E-state index contributed by atoms with van der Waals surface area (Å²) >= 11 is 5.84. The van der Waals surface area contributed by atoms with Gasteiger partial charge in [0.2, 0.25) is 15.9 Å². The molecule has 1 aliphatic heterocycles. The average molecular weight is 436 g/mol. The lowest BCUT2D eigenvalue weighted by Gasteiger charge is -2.31. The van der Waals surface area contributed by atoms with Crippen molar-refractivity contribution in [2.24, 2.45) is 5.92 Å². The van der Waals surface area contributed by atoms with E-state index in [0.717, 1.165) is 0 Å². The van der Waals surface area contributed by atoms with Gasteiger partial charge in [-0.25, -0.2) is 8.42 Å². The van der Waals surface area contributed by atoms with Crippen molar-refractivity contribution in [1.82, 2.24) is 9.62 Å². The fourth-order valence-electron chi connectivity index (χ4n) is 3.22. The summed E-state index contributed by atoms with van der Waals surface area (Å²) in [6.45, 7) is 0.489. The summed E-state index contributed by atoms with van der Waals surface area (Å²) < 4.78 is 27.1. The topological polar surface area (TPSA) is 95.6 Å². The molecule has 1 unspecified atom stereocenters. The number of rotatable bonds is 5. The lowest BCUT2D eigenvalue weighted by Crippen LogP contribution is -2.43. The molecule has 0 aromatic heterocycles. The van der Waals surface area contributed by atoms with Crippen LogP contribution >= 0.6 is 11.6 Å². The predicted octanol–water partition coefficient (Wildman–Crippen LogP) is 2.74. The molecule has 1 heterocycles. The van der Waals surface area contributed by atoms with Gasteiger partial charge >= 0.3 is 0 Å². The van der Waals surface area contributed by atoms with E-state index in [1.165, 1.54) is 28.6 Å². The number of nitrogens with zero attached hydrogens (tertiary/aromatic N) is 1. The van der Waals surface area contributed by atoms with E-state index in [1.54, 1.807) is 31.3 Å². The first-order valence-electron chi connectivity index (χ1n) is 9.20. The van der Waals surface area contributed by atoms with Crippen molar-refractivity contribution < 1.29 is 18.0 Å². The maximum Gasteiger partial charge on any atom is 0.251 e. The molecule has 1 aliphatic rings. The van der Waals surface area contributed by atoms with Crippen molar-refractivity contribution >= 4 is 39.1 Å². The first-order chi connectivity index (χ1) is 13.8. The molecule has 7 nitrogen and oxygen atoms in total. The second kappa shape index (κ2) is 8.94. The highest BCUT2D eigenvalue weighted by Crippen LogP contribution is 2.25. The molecular weight excluding hydrogens is 414 g/mol. The number of amides is 2. The van der Waals surface area contributed by atoms with Gasteiger partial charge in [0, 0.05) is 36.4 Å². The van der Waals surface area contributed by atoms with Crippen molar-refractivity contribution in [2.45, 2.75) is 17.7 Å². The number of benzene rings is 2. The zero-order valence-corrected chi connectivity index (χ0v) is 17.5. The van der Waals surface area contributed by atoms with E-state index in [1.807, 2.05) is 0 Å². The minimum atomic E-state index is -3.69. The Morgan fingerprint density at radius 3 is 2.34 bits per heavy atom. The number of hydrogen-bond acceptors (Lipinski definition) is 4. The van der Waals surface area contributed by atoms with Gasteiger partial charge in [-0.3, -0.25) is 9.59 Å². The van der Waals surface area contributed by atoms with Gasteiger partial charge in [-0.2, -0.15) is 4.31 Å². The maximum atomic E-state index is 12.9. The van der Waals surface area contributed by atoms with Crippen molar-refractivity contribution in [2.75, 3.05) is 25.5 Å². The summed E-state index contributed by atoms with van der Waals surface area (Å²) in [7, 11) is -2.14. The number of hydrogen-bond donors (Lipinski definition) is 2. The second-order valence-corrected chi connectivity index (χ2v) is 9.18. The lowest BCUT2D eigenvalue weighted by molar-refractivity contribution is -0.120. The van der Waals surface area contributed by atoms with Gasteiger partial charge in [0.05, 0.1) is 10.8 Å². The molecule has 0 spiro atoms. The van der Waals surface area contributed by atoms with E-state index in [2.05, 4.69) is 10.6 Å². The SMILES string of the molecule is CNC(=O)c1ccc(NC(=O)C2CCCN(S(=O)(=O)c3ccc(Cl)cc3)C2)cc1. The number of anilines is 1. The van der Waals surface area contributed by atoms with Crippen LogP contribution < -0.4 is 10.6 Å². The van der Waals surface area contributed by atoms with E-state index in [0.29, 0.717) is 35.7 Å². The Bertz CT molecular complexity index is 991. The average Bonchev–Trinajstić information content (AvgIpc) is 2.74. The fraction of sp³-hybridized carbons (Fsp3) is 0.300. The molecule has 3 rings (SSSR count). The molecule has 29 heavy (non-hydrogen) atoms. The van der Waals surface area contributed by atoms with Crippen LogP contribution in [0.3, 0.4) is 0 Å². The molecule has 0 radical (unpaired) electrons. The molecule has 0 bridgehead atoms. The molecule has 1 fully saturated rings. The first-order valence-corrected chi connectivity index (χ1v) is 11.0. The normalized spacial score (nSPS) is 17.5. The second-order valence-electron chi connectivity index (χ2n) is 6.80. The van der Waals surface area contributed by atoms with Gasteiger partial charge in [0.25, 0.3) is 5.91 Å². The quantitative estimate of drug-likeness (QED) is 0.754. The van der Waals surface area contributed by atoms with E-state index < -0.39 is 15.9 Å². The van der Waals surface area contributed by atoms with Gasteiger partial charge in [0.15, 0.2) is 0 Å². The summed E-state index contributed by atoms with van der Waals surface area (Å²) in [6, 6.07) is 12.5. The van der Waals surface area contributed by atoms with Crippen molar-refractivity contribution in [1.29, 1.82) is 0 Å². The van der Waals surface area contributed by atoms with Crippen molar-refractivity contribution in [3.8, 4) is 0 Å². The Kier molecular flexibility index (Phi) is 6.56. The van der Waals surface area contributed by atoms with Crippen LogP contribution in [0.15, 0.2) is 53.4 Å². The summed E-state index contributed by atoms with van der Waals surface area (Å²) in [5.41, 5.74) is 1.05. The van der Waals surface area contributed by atoms with Crippen LogP contribution in [-0.4, -0.2) is 44.7 Å². The Morgan fingerprint density at radius 2 is 1.72 bits per heavy atom. The fourth-order valence-corrected chi connectivity index (χ4v) is 4.87. The monoisotopic (exact) mass is 435 g/mol. The molecule has 154 valence electrons. The summed E-state index contributed by atoms with van der Waals surface area (Å²) in [6.07, 6.45) is 1.20. The molecule has 2 aromatic rings. The minimum Gasteiger partial charge on any atom is -0.355 e. The van der Waals surface area contributed by atoms with Crippen LogP contribution in [0, 0.1) is 5.92 Å². The standard InChI is InChI=1S/C20H22ClN3O4S/c1-22-19(25)14-4-8-17(9-5-14)23-20(26)15-3-2-12-24(13-15)29(27,28)18-10-6-16(21)7-11-18/h4-11,15H,2-3,12-13H2,1H3,(H,22,25)(H,23,26). The molecule has 2 N–H and O–H groups in total. The number of carbonyl (C=O) groups excluding carboxylic acids is 2. The Labute approximate surface area is 175 Å². The van der Waals surface area contributed by atoms with Gasteiger partial charge in [0.1, 0.15) is 0 Å². The van der Waals surface area contributed by atoms with E-state index in [4.69, 9.17) is 11.6 Å². The smallest absolute Gasteiger partial charge is 0.251 e. The highest BCUT2D eigenvalue weighted by molar-refractivity contribution is 7.89. The van der Waals surface area contributed by atoms with Gasteiger partial charge in [-0.05, 0) is 61.4 Å². The van der Waals surface area contributed by atoms with Gasteiger partial charge in [-0.15, -0.1) is 0 Å². The summed E-state index contributed by atoms with van der Waals surface area (Å²) in [4.78, 5) is 24.4. The number of sulfonamides is 1. The molecule has 2 aromatic carbocycles. The van der Waals surface area contributed by atoms with Crippen LogP contribution in [-0.2, 0) is 14.8 Å². The third-order valence-electron chi connectivity index (χ3n) is 4.85. The predicted molar refractivity (Wildman–Crippen MR) is 111 cm³/mol. The number of nitrogens with one attached hydrogen (secondary N) is 2. The van der Waals surface area contributed by atoms with Gasteiger partial charge in [-0.1, -0.05) is 11.6 Å². The maximum absolute atomic E-state index is 12.9. The number of halogens is 1. The number of carbonyl (C=O) groups is 2. The van der Waals surface area contributed by atoms with Crippen LogP contribution in [0.1, 0.15) is 23.2 Å². The molecule has 1 saturated heterocycles. The van der Waals surface area contributed by atoms with E-state index in [9.17, 15) is 18.0 Å². The zero-order valence-electron chi connectivity index (χ0n) is 15.9. The molecule has 1 atom stereocenters. The third kappa shape index (κ3) is 4.95. The Hall–Kier alpha value is -2.42. The van der Waals surface area contributed by atoms with Crippen molar-refractivity contribution in [3.63, 3.8) is 0 Å². The lowest BCUT2D eigenvalue weighted by atomic mass is 9.98. The van der Waals surface area contributed by atoms with Crippen molar-refractivity contribution in [3.05, 3.63) is 59.1 Å².